The Labute approximate surface area is 119 Å². The van der Waals surface area contributed by atoms with E-state index in [9.17, 15) is 4.79 Å². The molecule has 0 atom stereocenters. The van der Waals surface area contributed by atoms with Crippen molar-refractivity contribution in [3.8, 4) is 0 Å². The van der Waals surface area contributed by atoms with Crippen molar-refractivity contribution >= 4 is 11.7 Å². The van der Waals surface area contributed by atoms with Crippen molar-refractivity contribution in [1.82, 2.24) is 15.3 Å². The molecule has 20 heavy (non-hydrogen) atoms. The number of carbonyl (C=O) groups is 1. The Bertz CT molecular complexity index is 465. The molecule has 2 aliphatic rings. The van der Waals surface area contributed by atoms with Crippen LogP contribution in [0.1, 0.15) is 61.9 Å². The lowest BCUT2D eigenvalue weighted by Crippen LogP contribution is -2.35. The average molecular weight is 274 g/mol. The summed E-state index contributed by atoms with van der Waals surface area (Å²) in [6, 6.07) is 2.59. The van der Waals surface area contributed by atoms with Crippen molar-refractivity contribution in [3.63, 3.8) is 0 Å². The minimum Gasteiger partial charge on any atom is -0.367 e. The largest absolute Gasteiger partial charge is 0.367 e. The fourth-order valence-corrected chi connectivity index (χ4v) is 2.68. The van der Waals surface area contributed by atoms with Gasteiger partial charge in [0.05, 0.1) is 0 Å². The second-order valence-electron chi connectivity index (χ2n) is 5.87. The molecular weight excluding hydrogens is 252 g/mol. The molecule has 5 heteroatoms. The third-order valence-corrected chi connectivity index (χ3v) is 4.02. The predicted octanol–water partition coefficient (Wildman–Crippen LogP) is 2.50. The standard InChI is InChI=1S/C15H22N4O/c20-15(19-11-5-3-1-2-4-6-11)13-9-14(17-10-16-13)18-12-7-8-12/h9-12H,1-8H2,(H,19,20)(H,16,17,18). The Morgan fingerprint density at radius 1 is 1.00 bits per heavy atom. The van der Waals surface area contributed by atoms with Crippen LogP contribution < -0.4 is 10.6 Å². The highest BCUT2D eigenvalue weighted by Crippen LogP contribution is 2.23. The number of nitrogens with zero attached hydrogens (tertiary/aromatic N) is 2. The van der Waals surface area contributed by atoms with E-state index in [0.717, 1.165) is 18.7 Å². The van der Waals surface area contributed by atoms with Crippen molar-refractivity contribution in [2.75, 3.05) is 5.32 Å². The first kappa shape index (κ1) is 13.3. The molecule has 0 unspecified atom stereocenters. The van der Waals surface area contributed by atoms with Gasteiger partial charge in [0.1, 0.15) is 17.8 Å². The van der Waals surface area contributed by atoms with Crippen LogP contribution in [0.15, 0.2) is 12.4 Å². The van der Waals surface area contributed by atoms with Crippen LogP contribution in [0, 0.1) is 0 Å². The van der Waals surface area contributed by atoms with Crippen LogP contribution in [-0.4, -0.2) is 28.0 Å². The molecule has 0 aliphatic heterocycles. The molecule has 1 amide bonds. The van der Waals surface area contributed by atoms with Crippen molar-refractivity contribution in [2.45, 2.75) is 63.5 Å². The van der Waals surface area contributed by atoms with Gasteiger partial charge in [-0.2, -0.15) is 0 Å². The van der Waals surface area contributed by atoms with Crippen LogP contribution in [0.4, 0.5) is 5.82 Å². The summed E-state index contributed by atoms with van der Waals surface area (Å²) in [6.45, 7) is 0. The van der Waals surface area contributed by atoms with Crippen LogP contribution >= 0.6 is 0 Å². The molecule has 0 radical (unpaired) electrons. The molecule has 2 saturated carbocycles. The Hall–Kier alpha value is -1.65. The highest BCUT2D eigenvalue weighted by Gasteiger charge is 2.22. The summed E-state index contributed by atoms with van der Waals surface area (Å²) in [5.41, 5.74) is 0.465. The maximum Gasteiger partial charge on any atom is 0.270 e. The summed E-state index contributed by atoms with van der Waals surface area (Å²) >= 11 is 0. The van der Waals surface area contributed by atoms with Gasteiger partial charge in [-0.15, -0.1) is 0 Å². The highest BCUT2D eigenvalue weighted by atomic mass is 16.1. The zero-order chi connectivity index (χ0) is 13.8. The van der Waals surface area contributed by atoms with Gasteiger partial charge in [0.25, 0.3) is 5.91 Å². The first-order chi connectivity index (χ1) is 9.81. The summed E-state index contributed by atoms with van der Waals surface area (Å²) in [5, 5.41) is 6.41. The SMILES string of the molecule is O=C(NC1CCCCCC1)c1cc(NC2CC2)ncn1. The second-order valence-corrected chi connectivity index (χ2v) is 5.87. The van der Waals surface area contributed by atoms with E-state index in [1.165, 1.54) is 44.9 Å². The molecule has 2 N–H and O–H groups in total. The van der Waals surface area contributed by atoms with Crippen LogP contribution in [0.25, 0.3) is 0 Å². The highest BCUT2D eigenvalue weighted by molar-refractivity contribution is 5.93. The number of amides is 1. The molecular formula is C15H22N4O. The Balaban J connectivity index is 1.60. The molecule has 0 spiro atoms. The molecule has 0 saturated heterocycles. The lowest BCUT2D eigenvalue weighted by atomic mass is 10.1. The quantitative estimate of drug-likeness (QED) is 0.828. The van der Waals surface area contributed by atoms with E-state index in [4.69, 9.17) is 0 Å². The molecule has 1 aromatic rings. The van der Waals surface area contributed by atoms with Crippen molar-refractivity contribution in [2.24, 2.45) is 0 Å². The van der Waals surface area contributed by atoms with Gasteiger partial charge in [0.15, 0.2) is 0 Å². The fourth-order valence-electron chi connectivity index (χ4n) is 2.68. The molecule has 108 valence electrons. The van der Waals surface area contributed by atoms with Gasteiger partial charge >= 0.3 is 0 Å². The van der Waals surface area contributed by atoms with E-state index in [2.05, 4.69) is 20.6 Å². The molecule has 1 heterocycles. The number of hydrogen-bond acceptors (Lipinski definition) is 4. The Kier molecular flexibility index (Phi) is 4.14. The van der Waals surface area contributed by atoms with Gasteiger partial charge in [-0.3, -0.25) is 4.79 Å². The van der Waals surface area contributed by atoms with Gasteiger partial charge < -0.3 is 10.6 Å². The molecule has 2 fully saturated rings. The minimum atomic E-state index is -0.0712. The third-order valence-electron chi connectivity index (χ3n) is 4.02. The van der Waals surface area contributed by atoms with Gasteiger partial charge in [-0.25, -0.2) is 9.97 Å². The zero-order valence-electron chi connectivity index (χ0n) is 11.8. The van der Waals surface area contributed by atoms with E-state index in [1.54, 1.807) is 6.07 Å². The van der Waals surface area contributed by atoms with Gasteiger partial charge in [0.2, 0.25) is 0 Å². The first-order valence-electron chi connectivity index (χ1n) is 7.71. The number of hydrogen-bond donors (Lipinski definition) is 2. The van der Waals surface area contributed by atoms with Crippen LogP contribution in [0.5, 0.6) is 0 Å². The van der Waals surface area contributed by atoms with Crippen LogP contribution in [0.2, 0.25) is 0 Å². The number of rotatable bonds is 4. The second kappa shape index (κ2) is 6.20. The lowest BCUT2D eigenvalue weighted by molar-refractivity contribution is 0.0928. The summed E-state index contributed by atoms with van der Waals surface area (Å²) in [5.74, 6) is 0.687. The molecule has 0 bridgehead atoms. The summed E-state index contributed by atoms with van der Waals surface area (Å²) in [4.78, 5) is 20.5. The minimum absolute atomic E-state index is 0.0712. The Morgan fingerprint density at radius 2 is 1.75 bits per heavy atom. The number of carbonyl (C=O) groups excluding carboxylic acids is 1. The lowest BCUT2D eigenvalue weighted by Gasteiger charge is -2.16. The van der Waals surface area contributed by atoms with E-state index >= 15 is 0 Å². The van der Waals surface area contributed by atoms with E-state index < -0.39 is 0 Å². The molecule has 3 rings (SSSR count). The van der Waals surface area contributed by atoms with E-state index in [-0.39, 0.29) is 5.91 Å². The molecule has 1 aromatic heterocycles. The van der Waals surface area contributed by atoms with Crippen molar-refractivity contribution in [3.05, 3.63) is 18.1 Å². The average Bonchev–Trinajstić information content (AvgIpc) is 3.27. The molecule has 2 aliphatic carbocycles. The maximum absolute atomic E-state index is 12.2. The maximum atomic E-state index is 12.2. The van der Waals surface area contributed by atoms with Crippen LogP contribution in [0.3, 0.4) is 0 Å². The first-order valence-corrected chi connectivity index (χ1v) is 7.71. The number of aromatic nitrogens is 2. The Morgan fingerprint density at radius 3 is 2.45 bits per heavy atom. The molecule has 0 aromatic carbocycles. The third kappa shape index (κ3) is 3.68. The summed E-state index contributed by atoms with van der Waals surface area (Å²) in [6.07, 6.45) is 11.0. The van der Waals surface area contributed by atoms with Gasteiger partial charge in [-0.05, 0) is 25.7 Å². The predicted molar refractivity (Wildman–Crippen MR) is 77.6 cm³/mol. The van der Waals surface area contributed by atoms with Crippen molar-refractivity contribution in [1.29, 1.82) is 0 Å². The number of anilines is 1. The van der Waals surface area contributed by atoms with Gasteiger partial charge in [0, 0.05) is 18.2 Å². The normalized spacial score (nSPS) is 20.2. The van der Waals surface area contributed by atoms with E-state index in [1.807, 2.05) is 0 Å². The summed E-state index contributed by atoms with van der Waals surface area (Å²) in [7, 11) is 0. The van der Waals surface area contributed by atoms with Crippen LogP contribution in [-0.2, 0) is 0 Å². The van der Waals surface area contributed by atoms with Gasteiger partial charge in [-0.1, -0.05) is 25.7 Å². The smallest absolute Gasteiger partial charge is 0.270 e. The zero-order valence-corrected chi connectivity index (χ0v) is 11.8. The topological polar surface area (TPSA) is 66.9 Å². The summed E-state index contributed by atoms with van der Waals surface area (Å²) < 4.78 is 0. The van der Waals surface area contributed by atoms with Crippen molar-refractivity contribution < 1.29 is 4.79 Å². The van der Waals surface area contributed by atoms with E-state index in [0.29, 0.717) is 17.8 Å². The monoisotopic (exact) mass is 274 g/mol. The fraction of sp³-hybridized carbons (Fsp3) is 0.667. The molecule has 5 nitrogen and oxygen atoms in total. The number of nitrogens with one attached hydrogen (secondary N) is 2.